The van der Waals surface area contributed by atoms with Gasteiger partial charge in [-0.2, -0.15) is 4.68 Å². The van der Waals surface area contributed by atoms with Crippen molar-refractivity contribution in [2.75, 3.05) is 12.3 Å². The molecule has 0 fully saturated rings. The van der Waals surface area contributed by atoms with E-state index in [0.29, 0.717) is 22.8 Å². The number of nitrogens with one attached hydrogen (secondary N) is 1. The lowest BCUT2D eigenvalue weighted by Gasteiger charge is -2.09. The summed E-state index contributed by atoms with van der Waals surface area (Å²) < 4.78 is 1.47. The van der Waals surface area contributed by atoms with Crippen LogP contribution in [0, 0.1) is 0 Å². The molecule has 0 aliphatic heterocycles. The van der Waals surface area contributed by atoms with Crippen molar-refractivity contribution in [3.8, 4) is 5.69 Å². The first kappa shape index (κ1) is 16.5. The van der Waals surface area contributed by atoms with Crippen molar-refractivity contribution in [1.82, 2.24) is 25.5 Å². The van der Waals surface area contributed by atoms with E-state index in [0.717, 1.165) is 10.6 Å². The second-order valence-electron chi connectivity index (χ2n) is 4.83. The van der Waals surface area contributed by atoms with Gasteiger partial charge in [-0.15, -0.1) is 16.9 Å². The van der Waals surface area contributed by atoms with Gasteiger partial charge in [-0.05, 0) is 46.8 Å². The number of tetrazole rings is 1. The smallest absolute Gasteiger partial charge is 0.253 e. The van der Waals surface area contributed by atoms with E-state index in [1.165, 1.54) is 11.0 Å². The predicted octanol–water partition coefficient (Wildman–Crippen LogP) is 2.84. The topological polar surface area (TPSA) is 72.7 Å². The summed E-state index contributed by atoms with van der Waals surface area (Å²) in [5.41, 5.74) is 1.17. The van der Waals surface area contributed by atoms with Crippen LogP contribution < -0.4 is 5.32 Å². The van der Waals surface area contributed by atoms with E-state index < -0.39 is 0 Å². The number of hydrogen-bond acceptors (Lipinski definition) is 5. The van der Waals surface area contributed by atoms with E-state index >= 15 is 0 Å². The molecule has 6 nitrogen and oxygen atoms in total. The molecule has 0 saturated carbocycles. The van der Waals surface area contributed by atoms with Gasteiger partial charge in [0.1, 0.15) is 6.33 Å². The fourth-order valence-electron chi connectivity index (χ4n) is 2.10. The highest BCUT2D eigenvalue weighted by Crippen LogP contribution is 2.19. The molecule has 0 radical (unpaired) electrons. The van der Waals surface area contributed by atoms with Crippen molar-refractivity contribution in [2.24, 2.45) is 0 Å². The van der Waals surface area contributed by atoms with E-state index in [2.05, 4.69) is 20.8 Å². The average Bonchev–Trinajstić information content (AvgIpc) is 3.14. The second-order valence-corrected chi connectivity index (χ2v) is 6.43. The van der Waals surface area contributed by atoms with Gasteiger partial charge in [0.15, 0.2) is 0 Å². The molecule has 0 aliphatic carbocycles. The molecule has 2 aromatic carbocycles. The zero-order valence-corrected chi connectivity index (χ0v) is 14.2. The number of thioether (sulfide) groups is 1. The molecule has 1 aromatic heterocycles. The van der Waals surface area contributed by atoms with E-state index in [1.807, 2.05) is 36.4 Å². The van der Waals surface area contributed by atoms with Gasteiger partial charge in [0.2, 0.25) is 0 Å². The number of rotatable bonds is 6. The second kappa shape index (κ2) is 7.94. The molecule has 24 heavy (non-hydrogen) atoms. The Morgan fingerprint density at radius 3 is 2.71 bits per heavy atom. The van der Waals surface area contributed by atoms with Gasteiger partial charge in [-0.25, -0.2) is 0 Å². The molecule has 1 N–H and O–H groups in total. The maximum atomic E-state index is 12.4. The summed E-state index contributed by atoms with van der Waals surface area (Å²) in [4.78, 5) is 13.5. The zero-order chi connectivity index (χ0) is 16.8. The van der Waals surface area contributed by atoms with E-state index in [9.17, 15) is 4.79 Å². The molecule has 1 amide bonds. The Morgan fingerprint density at radius 1 is 1.17 bits per heavy atom. The lowest BCUT2D eigenvalue weighted by atomic mass is 10.1. The molecule has 0 unspecified atom stereocenters. The molecule has 122 valence electrons. The van der Waals surface area contributed by atoms with Crippen LogP contribution >= 0.6 is 23.4 Å². The summed E-state index contributed by atoms with van der Waals surface area (Å²) in [6.45, 7) is 0.552. The number of benzene rings is 2. The first-order valence-corrected chi connectivity index (χ1v) is 8.59. The molecule has 0 saturated heterocycles. The van der Waals surface area contributed by atoms with Gasteiger partial charge in [-0.1, -0.05) is 23.7 Å². The Labute approximate surface area is 148 Å². The quantitative estimate of drug-likeness (QED) is 0.541. The molecule has 8 heteroatoms. The number of carbonyl (C=O) groups is 1. The van der Waals surface area contributed by atoms with Crippen molar-refractivity contribution in [2.45, 2.75) is 4.90 Å². The highest BCUT2D eigenvalue weighted by atomic mass is 35.5. The minimum absolute atomic E-state index is 0.155. The molecule has 3 rings (SSSR count). The summed E-state index contributed by atoms with van der Waals surface area (Å²) in [6.07, 6.45) is 1.46. The number of carbonyl (C=O) groups excluding carboxylic acids is 1. The number of halogens is 1. The van der Waals surface area contributed by atoms with Crippen molar-refractivity contribution in [3.05, 3.63) is 65.4 Å². The Morgan fingerprint density at radius 2 is 1.96 bits per heavy atom. The van der Waals surface area contributed by atoms with Crippen LogP contribution in [0.25, 0.3) is 5.69 Å². The van der Waals surface area contributed by atoms with Gasteiger partial charge in [-0.3, -0.25) is 4.79 Å². The third-order valence-electron chi connectivity index (χ3n) is 3.21. The molecule has 0 aliphatic rings. The number of nitrogens with zero attached hydrogens (tertiary/aromatic N) is 4. The molecular weight excluding hydrogens is 346 g/mol. The fourth-order valence-corrected chi connectivity index (χ4v) is 2.99. The van der Waals surface area contributed by atoms with Crippen LogP contribution in [0.4, 0.5) is 0 Å². The number of hydrogen-bond donors (Lipinski definition) is 1. The summed E-state index contributed by atoms with van der Waals surface area (Å²) in [5.74, 6) is 0.609. The highest BCUT2D eigenvalue weighted by molar-refractivity contribution is 7.99. The van der Waals surface area contributed by atoms with Crippen LogP contribution in [0.5, 0.6) is 0 Å². The number of amides is 1. The standard InChI is InChI=1S/C16H14ClN5OS/c17-12-5-7-13(8-6-12)24-10-9-18-16(23)14-3-1-2-4-15(14)22-11-19-20-21-22/h1-8,11H,9-10H2,(H,18,23). The van der Waals surface area contributed by atoms with Gasteiger partial charge in [0.05, 0.1) is 11.3 Å². The largest absolute Gasteiger partial charge is 0.351 e. The number of para-hydroxylation sites is 1. The van der Waals surface area contributed by atoms with Crippen molar-refractivity contribution >= 4 is 29.3 Å². The summed E-state index contributed by atoms with van der Waals surface area (Å²) in [7, 11) is 0. The molecule has 0 atom stereocenters. The van der Waals surface area contributed by atoms with Crippen LogP contribution in [0.3, 0.4) is 0 Å². The van der Waals surface area contributed by atoms with Gasteiger partial charge in [0, 0.05) is 22.2 Å². The first-order chi connectivity index (χ1) is 11.7. The van der Waals surface area contributed by atoms with Crippen molar-refractivity contribution < 1.29 is 4.79 Å². The number of aromatic nitrogens is 4. The lowest BCUT2D eigenvalue weighted by molar-refractivity contribution is 0.0956. The van der Waals surface area contributed by atoms with E-state index in [1.54, 1.807) is 23.9 Å². The Kier molecular flexibility index (Phi) is 5.45. The molecule has 1 heterocycles. The van der Waals surface area contributed by atoms with Crippen molar-refractivity contribution in [3.63, 3.8) is 0 Å². The average molecular weight is 360 g/mol. The maximum absolute atomic E-state index is 12.4. The molecule has 3 aromatic rings. The van der Waals surface area contributed by atoms with Crippen LogP contribution in [0.2, 0.25) is 5.02 Å². The highest BCUT2D eigenvalue weighted by Gasteiger charge is 2.12. The minimum Gasteiger partial charge on any atom is -0.351 e. The van der Waals surface area contributed by atoms with E-state index in [-0.39, 0.29) is 5.91 Å². The van der Waals surface area contributed by atoms with E-state index in [4.69, 9.17) is 11.6 Å². The summed E-state index contributed by atoms with van der Waals surface area (Å²) in [5, 5.41) is 14.7. The minimum atomic E-state index is -0.155. The SMILES string of the molecule is O=C(NCCSc1ccc(Cl)cc1)c1ccccc1-n1cnnn1. The molecule has 0 bridgehead atoms. The van der Waals surface area contributed by atoms with Gasteiger partial charge >= 0.3 is 0 Å². The zero-order valence-electron chi connectivity index (χ0n) is 12.6. The first-order valence-electron chi connectivity index (χ1n) is 7.23. The Hall–Kier alpha value is -2.38. The Balaban J connectivity index is 1.57. The normalized spacial score (nSPS) is 10.5. The molecular formula is C16H14ClN5OS. The maximum Gasteiger partial charge on any atom is 0.253 e. The van der Waals surface area contributed by atoms with Gasteiger partial charge in [0.25, 0.3) is 5.91 Å². The Bertz CT molecular complexity index is 808. The monoisotopic (exact) mass is 359 g/mol. The summed E-state index contributed by atoms with van der Waals surface area (Å²) >= 11 is 7.51. The summed E-state index contributed by atoms with van der Waals surface area (Å²) in [6, 6.07) is 14.8. The van der Waals surface area contributed by atoms with Gasteiger partial charge < -0.3 is 5.32 Å². The third kappa shape index (κ3) is 4.12. The molecule has 0 spiro atoms. The van der Waals surface area contributed by atoms with Crippen LogP contribution in [-0.2, 0) is 0 Å². The lowest BCUT2D eigenvalue weighted by Crippen LogP contribution is -2.27. The predicted molar refractivity (Wildman–Crippen MR) is 93.7 cm³/mol. The van der Waals surface area contributed by atoms with Crippen LogP contribution in [-0.4, -0.2) is 38.4 Å². The third-order valence-corrected chi connectivity index (χ3v) is 4.48. The fraction of sp³-hybridized carbons (Fsp3) is 0.125. The van der Waals surface area contributed by atoms with Crippen molar-refractivity contribution in [1.29, 1.82) is 0 Å². The van der Waals surface area contributed by atoms with Crippen LogP contribution in [0.1, 0.15) is 10.4 Å². The van der Waals surface area contributed by atoms with Crippen LogP contribution in [0.15, 0.2) is 59.8 Å².